The first kappa shape index (κ1) is 19.8. The van der Waals surface area contributed by atoms with Crippen molar-refractivity contribution in [1.29, 1.82) is 0 Å². The fourth-order valence-corrected chi connectivity index (χ4v) is 5.61. The van der Waals surface area contributed by atoms with Crippen LogP contribution in [0.2, 0.25) is 0 Å². The molecule has 1 amide bonds. The smallest absolute Gasteiger partial charge is 0.243 e. The van der Waals surface area contributed by atoms with E-state index in [9.17, 15) is 18.0 Å². The highest BCUT2D eigenvalue weighted by Gasteiger charge is 2.35. The number of carbonyl (C=O) groups excluding carboxylic acids is 2. The van der Waals surface area contributed by atoms with Crippen molar-refractivity contribution in [2.75, 3.05) is 24.5 Å². The van der Waals surface area contributed by atoms with Crippen LogP contribution in [-0.2, 0) is 21.2 Å². The molecule has 0 unspecified atom stereocenters. The lowest BCUT2D eigenvalue weighted by Crippen LogP contribution is -2.44. The maximum atomic E-state index is 13.0. The SMILES string of the molecule is CC(=O)c1ccc(S(=O)(=O)N2CCC(C(=O)N3CCc4ccccc43)CC2)cc1. The molecule has 6 nitrogen and oxygen atoms in total. The fraction of sp³-hybridized carbons (Fsp3) is 0.364. The van der Waals surface area contributed by atoms with Crippen LogP contribution in [-0.4, -0.2) is 44.0 Å². The molecule has 1 saturated heterocycles. The predicted molar refractivity (Wildman–Crippen MR) is 110 cm³/mol. The van der Waals surface area contributed by atoms with Gasteiger partial charge in [0.2, 0.25) is 15.9 Å². The Bertz CT molecular complexity index is 1040. The van der Waals surface area contributed by atoms with E-state index in [2.05, 4.69) is 6.07 Å². The molecule has 2 aromatic rings. The van der Waals surface area contributed by atoms with Gasteiger partial charge in [0.25, 0.3) is 0 Å². The van der Waals surface area contributed by atoms with Crippen LogP contribution in [0, 0.1) is 5.92 Å². The predicted octanol–water partition coefficient (Wildman–Crippen LogP) is 2.88. The van der Waals surface area contributed by atoms with Gasteiger partial charge in [0.15, 0.2) is 5.78 Å². The summed E-state index contributed by atoms with van der Waals surface area (Å²) in [6.45, 7) is 2.79. The first-order valence-electron chi connectivity index (χ1n) is 9.88. The van der Waals surface area contributed by atoms with Crippen molar-refractivity contribution in [3.05, 3.63) is 59.7 Å². The number of hydrogen-bond donors (Lipinski definition) is 0. The minimum Gasteiger partial charge on any atom is -0.312 e. The van der Waals surface area contributed by atoms with E-state index in [4.69, 9.17) is 0 Å². The van der Waals surface area contributed by atoms with E-state index in [0.29, 0.717) is 38.0 Å². The van der Waals surface area contributed by atoms with Crippen molar-refractivity contribution in [3.8, 4) is 0 Å². The van der Waals surface area contributed by atoms with Crippen LogP contribution < -0.4 is 4.90 Å². The van der Waals surface area contributed by atoms with Gasteiger partial charge < -0.3 is 4.90 Å². The van der Waals surface area contributed by atoms with Crippen molar-refractivity contribution in [3.63, 3.8) is 0 Å². The molecule has 0 aliphatic carbocycles. The number of fused-ring (bicyclic) bond motifs is 1. The number of amides is 1. The quantitative estimate of drug-likeness (QED) is 0.724. The van der Waals surface area contributed by atoms with Gasteiger partial charge in [-0.2, -0.15) is 4.31 Å². The highest BCUT2D eigenvalue weighted by molar-refractivity contribution is 7.89. The number of Topliss-reactive ketones (excluding diaryl/α,β-unsaturated/α-hetero) is 1. The summed E-state index contributed by atoms with van der Waals surface area (Å²) in [5, 5.41) is 0. The largest absolute Gasteiger partial charge is 0.312 e. The average Bonchev–Trinajstić information content (AvgIpc) is 3.17. The average molecular weight is 413 g/mol. The Labute approximate surface area is 171 Å². The van der Waals surface area contributed by atoms with Crippen LogP contribution in [0.25, 0.3) is 0 Å². The van der Waals surface area contributed by atoms with Crippen LogP contribution >= 0.6 is 0 Å². The number of rotatable bonds is 4. The van der Waals surface area contributed by atoms with Crippen molar-refractivity contribution in [2.45, 2.75) is 31.1 Å². The number of anilines is 1. The molecule has 2 aromatic carbocycles. The first-order chi connectivity index (χ1) is 13.9. The van der Waals surface area contributed by atoms with Gasteiger partial charge in [0, 0.05) is 36.8 Å². The Balaban J connectivity index is 1.42. The number of piperidine rings is 1. The van der Waals surface area contributed by atoms with Gasteiger partial charge in [-0.1, -0.05) is 30.3 Å². The Kier molecular flexibility index (Phi) is 5.27. The van der Waals surface area contributed by atoms with E-state index in [1.807, 2.05) is 23.1 Å². The number of carbonyl (C=O) groups is 2. The second kappa shape index (κ2) is 7.72. The zero-order valence-corrected chi connectivity index (χ0v) is 17.2. The molecule has 2 aliphatic heterocycles. The zero-order chi connectivity index (χ0) is 20.6. The number of hydrogen-bond acceptors (Lipinski definition) is 4. The summed E-state index contributed by atoms with van der Waals surface area (Å²) < 4.78 is 27.3. The monoisotopic (exact) mass is 412 g/mol. The molecular formula is C22H24N2O4S. The third kappa shape index (κ3) is 3.72. The Morgan fingerprint density at radius 2 is 1.59 bits per heavy atom. The molecule has 29 heavy (non-hydrogen) atoms. The van der Waals surface area contributed by atoms with Gasteiger partial charge in [-0.05, 0) is 49.9 Å². The molecule has 4 rings (SSSR count). The lowest BCUT2D eigenvalue weighted by Gasteiger charge is -2.32. The second-order valence-electron chi connectivity index (χ2n) is 7.63. The standard InChI is InChI=1S/C22H24N2O4S/c1-16(25)17-6-8-20(9-7-17)29(27,28)23-13-10-19(11-14-23)22(26)24-15-12-18-4-2-3-5-21(18)24/h2-9,19H,10-15H2,1H3. The summed E-state index contributed by atoms with van der Waals surface area (Å²) >= 11 is 0. The second-order valence-corrected chi connectivity index (χ2v) is 9.57. The van der Waals surface area contributed by atoms with Crippen molar-refractivity contribution < 1.29 is 18.0 Å². The first-order valence-corrected chi connectivity index (χ1v) is 11.3. The maximum absolute atomic E-state index is 13.0. The molecule has 1 fully saturated rings. The Morgan fingerprint density at radius 3 is 2.24 bits per heavy atom. The lowest BCUT2D eigenvalue weighted by atomic mass is 9.96. The van der Waals surface area contributed by atoms with Crippen molar-refractivity contribution >= 4 is 27.4 Å². The summed E-state index contributed by atoms with van der Waals surface area (Å²) in [4.78, 5) is 26.4. The number of ketones is 1. The van der Waals surface area contributed by atoms with E-state index in [-0.39, 0.29) is 22.5 Å². The molecule has 0 atom stereocenters. The summed E-state index contributed by atoms with van der Waals surface area (Å²) in [5.41, 5.74) is 2.66. The lowest BCUT2D eigenvalue weighted by molar-refractivity contribution is -0.123. The molecular weight excluding hydrogens is 388 g/mol. The molecule has 2 heterocycles. The minimum atomic E-state index is -3.62. The van der Waals surface area contributed by atoms with Crippen molar-refractivity contribution in [1.82, 2.24) is 4.31 Å². The van der Waals surface area contributed by atoms with E-state index in [1.54, 1.807) is 0 Å². The molecule has 2 aliphatic rings. The highest BCUT2D eigenvalue weighted by atomic mass is 32.2. The van der Waals surface area contributed by atoms with Gasteiger partial charge in [0.05, 0.1) is 4.90 Å². The van der Waals surface area contributed by atoms with E-state index in [1.165, 1.54) is 41.1 Å². The minimum absolute atomic E-state index is 0.0952. The summed E-state index contributed by atoms with van der Waals surface area (Å²) in [7, 11) is -3.62. The number of nitrogens with zero attached hydrogens (tertiary/aromatic N) is 2. The van der Waals surface area contributed by atoms with Crippen LogP contribution in [0.3, 0.4) is 0 Å². The van der Waals surface area contributed by atoms with Crippen LogP contribution in [0.15, 0.2) is 53.4 Å². The molecule has 7 heteroatoms. The van der Waals surface area contributed by atoms with Gasteiger partial charge >= 0.3 is 0 Å². The van der Waals surface area contributed by atoms with E-state index in [0.717, 1.165) is 12.1 Å². The normalized spacial score (nSPS) is 17.9. The van der Waals surface area contributed by atoms with Crippen molar-refractivity contribution in [2.24, 2.45) is 5.92 Å². The Morgan fingerprint density at radius 1 is 0.931 bits per heavy atom. The van der Waals surface area contributed by atoms with Crippen LogP contribution in [0.4, 0.5) is 5.69 Å². The van der Waals surface area contributed by atoms with E-state index >= 15 is 0 Å². The highest BCUT2D eigenvalue weighted by Crippen LogP contribution is 2.32. The van der Waals surface area contributed by atoms with Gasteiger partial charge in [-0.25, -0.2) is 8.42 Å². The number of para-hydroxylation sites is 1. The summed E-state index contributed by atoms with van der Waals surface area (Å²) in [5.74, 6) is -0.165. The van der Waals surface area contributed by atoms with Crippen LogP contribution in [0.5, 0.6) is 0 Å². The summed E-state index contributed by atoms with van der Waals surface area (Å²) in [6.07, 6.45) is 1.90. The van der Waals surface area contributed by atoms with Gasteiger partial charge in [0.1, 0.15) is 0 Å². The fourth-order valence-electron chi connectivity index (χ4n) is 4.14. The molecule has 0 saturated carbocycles. The van der Waals surface area contributed by atoms with E-state index < -0.39 is 10.0 Å². The third-order valence-electron chi connectivity index (χ3n) is 5.85. The zero-order valence-electron chi connectivity index (χ0n) is 16.4. The number of sulfonamides is 1. The Hall–Kier alpha value is -2.51. The topological polar surface area (TPSA) is 74.8 Å². The molecule has 0 bridgehead atoms. The molecule has 0 N–H and O–H groups in total. The van der Waals surface area contributed by atoms with Crippen LogP contribution in [0.1, 0.15) is 35.7 Å². The summed E-state index contributed by atoms with van der Waals surface area (Å²) in [6, 6.07) is 14.0. The third-order valence-corrected chi connectivity index (χ3v) is 7.77. The van der Waals surface area contributed by atoms with Gasteiger partial charge in [-0.3, -0.25) is 9.59 Å². The number of benzene rings is 2. The molecule has 0 spiro atoms. The van der Waals surface area contributed by atoms with Gasteiger partial charge in [-0.15, -0.1) is 0 Å². The molecule has 0 radical (unpaired) electrons. The molecule has 0 aromatic heterocycles. The molecule has 152 valence electrons. The maximum Gasteiger partial charge on any atom is 0.243 e.